The molecule has 1 aromatic heterocycles. The molecule has 0 bridgehead atoms. The lowest BCUT2D eigenvalue weighted by Crippen LogP contribution is -2.10. The Kier molecular flexibility index (Phi) is 4.62. The minimum atomic E-state index is -2.89. The van der Waals surface area contributed by atoms with E-state index in [9.17, 15) is 18.7 Å². The van der Waals surface area contributed by atoms with Gasteiger partial charge >= 0.3 is 5.97 Å². The Labute approximate surface area is 101 Å². The van der Waals surface area contributed by atoms with Crippen LogP contribution in [0.3, 0.4) is 0 Å². The molecule has 1 rings (SSSR count). The Balaban J connectivity index is 3.23. The van der Waals surface area contributed by atoms with Gasteiger partial charge in [-0.15, -0.1) is 11.6 Å². The summed E-state index contributed by atoms with van der Waals surface area (Å²) in [6.45, 7) is 0. The average molecular weight is 266 g/mol. The van der Waals surface area contributed by atoms with Crippen LogP contribution < -0.4 is 0 Å². The van der Waals surface area contributed by atoms with Gasteiger partial charge in [-0.1, -0.05) is 0 Å². The monoisotopic (exact) mass is 265 g/mol. The summed E-state index contributed by atoms with van der Waals surface area (Å²) >= 11 is 5.54. The highest BCUT2D eigenvalue weighted by molar-refractivity contribution is 6.17. The van der Waals surface area contributed by atoms with Crippen LogP contribution >= 0.6 is 11.6 Å². The van der Waals surface area contributed by atoms with Gasteiger partial charge < -0.3 is 9.84 Å². The molecule has 0 aromatic carbocycles. The summed E-state index contributed by atoms with van der Waals surface area (Å²) in [5.74, 6) is -1.52. The fraction of sp³-hybridized carbons (Fsp3) is 0.400. The average Bonchev–Trinajstić information content (AvgIpc) is 2.30. The number of ether oxygens (including phenoxy) is 1. The number of methoxy groups -OCH3 is 1. The lowest BCUT2D eigenvalue weighted by molar-refractivity contribution is -0.139. The van der Waals surface area contributed by atoms with Crippen LogP contribution in [-0.4, -0.2) is 23.2 Å². The molecular formula is C10H10ClF2NO3. The molecule has 0 amide bonds. The standard InChI is InChI=1S/C10H10ClF2NO3/c1-17-8(16)2-6-5(3-11)9(10(12)13)7(15)4-14-6/h4,10,15H,2-3H2,1H3. The predicted molar refractivity (Wildman–Crippen MR) is 56.1 cm³/mol. The molecule has 94 valence electrons. The maximum absolute atomic E-state index is 12.7. The van der Waals surface area contributed by atoms with Crippen LogP contribution in [0.5, 0.6) is 5.75 Å². The summed E-state index contributed by atoms with van der Waals surface area (Å²) in [6.07, 6.45) is -2.28. The third-order valence-corrected chi connectivity index (χ3v) is 2.45. The molecule has 0 saturated carbocycles. The molecule has 0 saturated heterocycles. The molecular weight excluding hydrogens is 256 g/mol. The number of esters is 1. The van der Waals surface area contributed by atoms with E-state index >= 15 is 0 Å². The highest BCUT2D eigenvalue weighted by Gasteiger charge is 2.22. The number of aromatic nitrogens is 1. The largest absolute Gasteiger partial charge is 0.506 e. The van der Waals surface area contributed by atoms with E-state index in [1.807, 2.05) is 0 Å². The smallest absolute Gasteiger partial charge is 0.311 e. The SMILES string of the molecule is COC(=O)Cc1ncc(O)c(C(F)F)c1CCl. The Morgan fingerprint density at radius 2 is 2.29 bits per heavy atom. The summed E-state index contributed by atoms with van der Waals surface area (Å²) in [7, 11) is 1.18. The topological polar surface area (TPSA) is 59.4 Å². The molecule has 0 aliphatic rings. The van der Waals surface area contributed by atoms with Crippen LogP contribution in [-0.2, 0) is 21.8 Å². The van der Waals surface area contributed by atoms with E-state index in [0.717, 1.165) is 6.20 Å². The first-order valence-corrected chi connectivity index (χ1v) is 5.15. The molecule has 0 unspecified atom stereocenters. The van der Waals surface area contributed by atoms with E-state index in [1.165, 1.54) is 7.11 Å². The number of hydrogen-bond donors (Lipinski definition) is 1. The summed E-state index contributed by atoms with van der Waals surface area (Å²) in [5, 5.41) is 9.29. The van der Waals surface area contributed by atoms with E-state index in [4.69, 9.17) is 11.6 Å². The maximum atomic E-state index is 12.7. The van der Waals surface area contributed by atoms with Crippen LogP contribution in [0, 0.1) is 0 Å². The normalized spacial score (nSPS) is 10.6. The Morgan fingerprint density at radius 1 is 1.65 bits per heavy atom. The lowest BCUT2D eigenvalue weighted by Gasteiger charge is -2.12. The van der Waals surface area contributed by atoms with Gasteiger partial charge in [0.05, 0.1) is 31.0 Å². The molecule has 0 spiro atoms. The number of pyridine rings is 1. The lowest BCUT2D eigenvalue weighted by atomic mass is 10.1. The Hall–Kier alpha value is -1.43. The van der Waals surface area contributed by atoms with Crippen molar-refractivity contribution in [3.63, 3.8) is 0 Å². The molecule has 1 N–H and O–H groups in total. The van der Waals surface area contributed by atoms with Gasteiger partial charge in [0.1, 0.15) is 5.75 Å². The summed E-state index contributed by atoms with van der Waals surface area (Å²) in [6, 6.07) is 0. The molecule has 1 heterocycles. The van der Waals surface area contributed by atoms with Gasteiger partial charge in [0.2, 0.25) is 0 Å². The molecule has 0 fully saturated rings. The van der Waals surface area contributed by atoms with Gasteiger partial charge in [0.25, 0.3) is 6.43 Å². The molecule has 0 atom stereocenters. The third-order valence-electron chi connectivity index (χ3n) is 2.18. The highest BCUT2D eigenvalue weighted by Crippen LogP contribution is 2.33. The van der Waals surface area contributed by atoms with Crippen molar-refractivity contribution in [1.82, 2.24) is 4.98 Å². The number of carbonyl (C=O) groups excluding carboxylic acids is 1. The van der Waals surface area contributed by atoms with Crippen molar-refractivity contribution in [3.8, 4) is 5.75 Å². The zero-order valence-electron chi connectivity index (χ0n) is 8.91. The number of aromatic hydroxyl groups is 1. The predicted octanol–water partition coefficient (Wildman–Crippen LogP) is 2.18. The molecule has 0 aliphatic carbocycles. The van der Waals surface area contributed by atoms with Crippen LogP contribution in [0.25, 0.3) is 0 Å². The van der Waals surface area contributed by atoms with Crippen molar-refractivity contribution in [2.75, 3.05) is 7.11 Å². The fourth-order valence-electron chi connectivity index (χ4n) is 1.35. The molecule has 0 aliphatic heterocycles. The zero-order chi connectivity index (χ0) is 13.0. The minimum Gasteiger partial charge on any atom is -0.506 e. The van der Waals surface area contributed by atoms with Crippen molar-refractivity contribution < 1.29 is 23.4 Å². The van der Waals surface area contributed by atoms with Gasteiger partial charge in [-0.25, -0.2) is 8.78 Å². The van der Waals surface area contributed by atoms with E-state index in [1.54, 1.807) is 0 Å². The summed E-state index contributed by atoms with van der Waals surface area (Å²) < 4.78 is 29.8. The van der Waals surface area contributed by atoms with Crippen LogP contribution in [0.1, 0.15) is 23.2 Å². The number of alkyl halides is 3. The van der Waals surface area contributed by atoms with E-state index in [-0.39, 0.29) is 23.6 Å². The van der Waals surface area contributed by atoms with E-state index in [2.05, 4.69) is 9.72 Å². The number of hydrogen-bond acceptors (Lipinski definition) is 4. The van der Waals surface area contributed by atoms with E-state index in [0.29, 0.717) is 0 Å². The molecule has 4 nitrogen and oxygen atoms in total. The molecule has 17 heavy (non-hydrogen) atoms. The van der Waals surface area contributed by atoms with Gasteiger partial charge in [-0.05, 0) is 0 Å². The number of halogens is 3. The maximum Gasteiger partial charge on any atom is 0.311 e. The number of carbonyl (C=O) groups is 1. The molecule has 7 heteroatoms. The van der Waals surface area contributed by atoms with Crippen LogP contribution in [0.2, 0.25) is 0 Å². The quantitative estimate of drug-likeness (QED) is 0.670. The summed E-state index contributed by atoms with van der Waals surface area (Å²) in [4.78, 5) is 14.8. The number of rotatable bonds is 4. The van der Waals surface area contributed by atoms with Crippen molar-refractivity contribution >= 4 is 17.6 Å². The second-order valence-electron chi connectivity index (χ2n) is 3.17. The van der Waals surface area contributed by atoms with Crippen molar-refractivity contribution in [2.24, 2.45) is 0 Å². The van der Waals surface area contributed by atoms with Gasteiger partial charge in [-0.3, -0.25) is 9.78 Å². The van der Waals surface area contributed by atoms with Crippen LogP contribution in [0.4, 0.5) is 8.78 Å². The Bertz CT molecular complexity index is 426. The first kappa shape index (κ1) is 13.6. The fourth-order valence-corrected chi connectivity index (χ4v) is 1.65. The second-order valence-corrected chi connectivity index (χ2v) is 3.44. The Morgan fingerprint density at radius 3 is 2.76 bits per heavy atom. The minimum absolute atomic E-state index is 0.0351. The molecule has 0 radical (unpaired) electrons. The second kappa shape index (κ2) is 5.77. The first-order chi connectivity index (χ1) is 8.01. The van der Waals surface area contributed by atoms with Crippen LogP contribution in [0.15, 0.2) is 6.20 Å². The van der Waals surface area contributed by atoms with Crippen molar-refractivity contribution in [1.29, 1.82) is 0 Å². The van der Waals surface area contributed by atoms with Gasteiger partial charge in [-0.2, -0.15) is 0 Å². The highest BCUT2D eigenvalue weighted by atomic mass is 35.5. The van der Waals surface area contributed by atoms with Crippen molar-refractivity contribution in [2.45, 2.75) is 18.7 Å². The zero-order valence-corrected chi connectivity index (χ0v) is 9.67. The third kappa shape index (κ3) is 3.03. The van der Waals surface area contributed by atoms with Crippen molar-refractivity contribution in [3.05, 3.63) is 23.0 Å². The van der Waals surface area contributed by atoms with E-state index < -0.39 is 23.7 Å². The van der Waals surface area contributed by atoms with Gasteiger partial charge in [0, 0.05) is 11.4 Å². The summed E-state index contributed by atoms with van der Waals surface area (Å²) in [5.41, 5.74) is -0.541. The first-order valence-electron chi connectivity index (χ1n) is 4.61. The molecule has 1 aromatic rings. The number of nitrogens with zero attached hydrogens (tertiary/aromatic N) is 1. The van der Waals surface area contributed by atoms with Gasteiger partial charge in [0.15, 0.2) is 0 Å².